The Bertz CT molecular complexity index is 341. The maximum absolute atomic E-state index is 4.31. The fraction of sp³-hybridized carbons (Fsp3) is 0.222. The second-order valence-electron chi connectivity index (χ2n) is 2.80. The zero-order valence-electron chi connectivity index (χ0n) is 8.22. The van der Waals surface area contributed by atoms with Gasteiger partial charge < -0.3 is 4.98 Å². The minimum atomic E-state index is 0.946. The first-order valence-corrected chi connectivity index (χ1v) is 5.36. The molecule has 1 rings (SSSR count). The van der Waals surface area contributed by atoms with Gasteiger partial charge in [-0.25, -0.2) is 4.98 Å². The Kier molecular flexibility index (Phi) is 3.43. The van der Waals surface area contributed by atoms with Crippen molar-refractivity contribution in [3.8, 4) is 0 Å². The third-order valence-electron chi connectivity index (χ3n) is 1.76. The Morgan fingerprint density at radius 1 is 1.69 bits per heavy atom. The molecule has 0 aliphatic rings. The molecule has 0 radical (unpaired) electrons. The summed E-state index contributed by atoms with van der Waals surface area (Å²) in [6, 6.07) is 0. The van der Waals surface area contributed by atoms with Crippen LogP contribution in [0.25, 0.3) is 5.57 Å². The highest BCUT2D eigenvalue weighted by atomic mass is 32.2. The van der Waals surface area contributed by atoms with Crippen molar-refractivity contribution in [2.75, 3.05) is 6.26 Å². The molecule has 0 fully saturated rings. The van der Waals surface area contributed by atoms with E-state index in [4.69, 9.17) is 0 Å². The predicted octanol–water partition coefficient (Wildman–Crippen LogP) is 0.866. The first-order valence-electron chi connectivity index (χ1n) is 4.08. The SMILES string of the molecule is Bc1nc(C)[nH]c1/C(C=C)=C/SC. The fourth-order valence-electron chi connectivity index (χ4n) is 1.22. The van der Waals surface area contributed by atoms with Gasteiger partial charge in [0.2, 0.25) is 0 Å². The van der Waals surface area contributed by atoms with Gasteiger partial charge in [-0.2, -0.15) is 0 Å². The lowest BCUT2D eigenvalue weighted by atomic mass is 9.99. The van der Waals surface area contributed by atoms with E-state index in [1.54, 1.807) is 11.8 Å². The Morgan fingerprint density at radius 3 is 2.77 bits per heavy atom. The zero-order chi connectivity index (χ0) is 9.84. The number of allylic oxidation sites excluding steroid dienone is 2. The fourth-order valence-corrected chi connectivity index (χ4v) is 1.69. The molecule has 13 heavy (non-hydrogen) atoms. The Morgan fingerprint density at radius 2 is 2.38 bits per heavy atom. The van der Waals surface area contributed by atoms with Gasteiger partial charge >= 0.3 is 0 Å². The molecule has 0 saturated heterocycles. The summed E-state index contributed by atoms with van der Waals surface area (Å²) in [5, 5.41) is 2.06. The molecule has 2 nitrogen and oxygen atoms in total. The van der Waals surface area contributed by atoms with Crippen LogP contribution in [0.2, 0.25) is 0 Å². The van der Waals surface area contributed by atoms with E-state index in [1.807, 2.05) is 27.1 Å². The second kappa shape index (κ2) is 4.37. The molecule has 0 aliphatic carbocycles. The van der Waals surface area contributed by atoms with Crippen molar-refractivity contribution in [1.29, 1.82) is 0 Å². The summed E-state index contributed by atoms with van der Waals surface area (Å²) >= 11 is 1.67. The van der Waals surface area contributed by atoms with E-state index in [2.05, 4.69) is 22.0 Å². The number of nitrogens with zero attached hydrogens (tertiary/aromatic N) is 1. The smallest absolute Gasteiger partial charge is 0.166 e. The number of thioether (sulfide) groups is 1. The largest absolute Gasteiger partial charge is 0.343 e. The van der Waals surface area contributed by atoms with Crippen molar-refractivity contribution < 1.29 is 0 Å². The van der Waals surface area contributed by atoms with Gasteiger partial charge in [-0.3, -0.25) is 0 Å². The molecule has 0 bridgehead atoms. The highest BCUT2D eigenvalue weighted by Crippen LogP contribution is 2.14. The minimum absolute atomic E-state index is 0.946. The number of nitrogens with one attached hydrogen (secondary N) is 1. The minimum Gasteiger partial charge on any atom is -0.343 e. The summed E-state index contributed by atoms with van der Waals surface area (Å²) in [4.78, 5) is 7.52. The standard InChI is InChI=1S/C9H13BN2S/c1-4-7(5-13-3)8-9(10)12-6(2)11-8/h4-5H,1,10H2,2-3H3,(H,11,12)/b7-5+. The number of hydrogen-bond donors (Lipinski definition) is 1. The van der Waals surface area contributed by atoms with Crippen molar-refractivity contribution in [3.05, 3.63) is 29.6 Å². The average Bonchev–Trinajstić information content (AvgIpc) is 2.41. The van der Waals surface area contributed by atoms with Gasteiger partial charge in [-0.15, -0.1) is 11.8 Å². The van der Waals surface area contributed by atoms with Crippen LogP contribution in [0.3, 0.4) is 0 Å². The molecule has 0 spiro atoms. The van der Waals surface area contributed by atoms with Crippen molar-refractivity contribution >= 4 is 30.8 Å². The Labute approximate surface area is 83.9 Å². The topological polar surface area (TPSA) is 28.7 Å². The zero-order valence-corrected chi connectivity index (χ0v) is 9.03. The van der Waals surface area contributed by atoms with E-state index in [-0.39, 0.29) is 0 Å². The first-order chi connectivity index (χ1) is 6.19. The normalized spacial score (nSPS) is 11.7. The van der Waals surface area contributed by atoms with Crippen LogP contribution in [0.1, 0.15) is 11.5 Å². The van der Waals surface area contributed by atoms with Crippen LogP contribution in [0, 0.1) is 6.92 Å². The number of aryl methyl sites for hydroxylation is 1. The van der Waals surface area contributed by atoms with Crippen molar-refractivity contribution in [1.82, 2.24) is 9.97 Å². The molecule has 68 valence electrons. The lowest BCUT2D eigenvalue weighted by molar-refractivity contribution is 1.15. The van der Waals surface area contributed by atoms with Crippen LogP contribution in [0.15, 0.2) is 18.1 Å². The summed E-state index contributed by atoms with van der Waals surface area (Å²) in [5.74, 6) is 0.946. The van der Waals surface area contributed by atoms with E-state index in [0.29, 0.717) is 0 Å². The van der Waals surface area contributed by atoms with Gasteiger partial charge in [0.05, 0.1) is 5.69 Å². The van der Waals surface area contributed by atoms with Crippen LogP contribution >= 0.6 is 11.8 Å². The average molecular weight is 192 g/mol. The van der Waals surface area contributed by atoms with E-state index in [0.717, 1.165) is 22.7 Å². The van der Waals surface area contributed by atoms with Crippen LogP contribution in [-0.2, 0) is 0 Å². The number of rotatable bonds is 3. The molecular formula is C9H13BN2S. The van der Waals surface area contributed by atoms with E-state index in [9.17, 15) is 0 Å². The molecule has 1 heterocycles. The highest BCUT2D eigenvalue weighted by molar-refractivity contribution is 8.01. The molecule has 1 N–H and O–H groups in total. The van der Waals surface area contributed by atoms with Gasteiger partial charge in [-0.05, 0) is 18.6 Å². The number of hydrogen-bond acceptors (Lipinski definition) is 2. The van der Waals surface area contributed by atoms with Crippen LogP contribution < -0.4 is 5.59 Å². The second-order valence-corrected chi connectivity index (χ2v) is 3.50. The third-order valence-corrected chi connectivity index (χ3v) is 2.25. The highest BCUT2D eigenvalue weighted by Gasteiger charge is 2.05. The lowest BCUT2D eigenvalue weighted by Crippen LogP contribution is -2.08. The van der Waals surface area contributed by atoms with Crippen LogP contribution in [0.5, 0.6) is 0 Å². The van der Waals surface area contributed by atoms with Crippen molar-refractivity contribution in [3.63, 3.8) is 0 Å². The van der Waals surface area contributed by atoms with Crippen LogP contribution in [-0.4, -0.2) is 24.1 Å². The number of imidazole rings is 1. The lowest BCUT2D eigenvalue weighted by Gasteiger charge is -1.98. The molecule has 1 aromatic rings. The monoisotopic (exact) mass is 192 g/mol. The molecule has 0 unspecified atom stereocenters. The molecule has 0 aromatic carbocycles. The third kappa shape index (κ3) is 2.28. The molecule has 0 aliphatic heterocycles. The Hall–Kier alpha value is -0.895. The number of aromatic amines is 1. The van der Waals surface area contributed by atoms with Gasteiger partial charge in [0.15, 0.2) is 7.85 Å². The Balaban J connectivity index is 3.11. The number of aromatic nitrogens is 2. The number of H-pyrrole nitrogens is 1. The molecular weight excluding hydrogens is 179 g/mol. The molecule has 0 amide bonds. The van der Waals surface area contributed by atoms with Crippen molar-refractivity contribution in [2.24, 2.45) is 0 Å². The van der Waals surface area contributed by atoms with E-state index < -0.39 is 0 Å². The molecule has 0 saturated carbocycles. The van der Waals surface area contributed by atoms with Gasteiger partial charge in [0.25, 0.3) is 0 Å². The molecule has 0 atom stereocenters. The summed E-state index contributed by atoms with van der Waals surface area (Å²) in [6.45, 7) is 5.73. The predicted molar refractivity (Wildman–Crippen MR) is 63.2 cm³/mol. The maximum atomic E-state index is 4.31. The van der Waals surface area contributed by atoms with E-state index in [1.165, 1.54) is 0 Å². The van der Waals surface area contributed by atoms with Crippen LogP contribution in [0.4, 0.5) is 0 Å². The summed E-state index contributed by atoms with van der Waals surface area (Å²) < 4.78 is 0. The summed E-state index contributed by atoms with van der Waals surface area (Å²) in [6.07, 6.45) is 3.87. The van der Waals surface area contributed by atoms with Gasteiger partial charge in [0.1, 0.15) is 5.82 Å². The van der Waals surface area contributed by atoms with Crippen molar-refractivity contribution in [2.45, 2.75) is 6.92 Å². The molecule has 4 heteroatoms. The van der Waals surface area contributed by atoms with Gasteiger partial charge in [-0.1, -0.05) is 12.7 Å². The maximum Gasteiger partial charge on any atom is 0.166 e. The summed E-state index contributed by atoms with van der Waals surface area (Å²) in [7, 11) is 2.00. The van der Waals surface area contributed by atoms with E-state index >= 15 is 0 Å². The first kappa shape index (κ1) is 10.2. The van der Waals surface area contributed by atoms with Gasteiger partial charge in [0, 0.05) is 11.2 Å². The molecule has 1 aromatic heterocycles. The summed E-state index contributed by atoms with van der Waals surface area (Å²) in [5.41, 5.74) is 3.20. The quantitative estimate of drug-likeness (QED) is 0.568.